The summed E-state index contributed by atoms with van der Waals surface area (Å²) in [4.78, 5) is 51.0. The van der Waals surface area contributed by atoms with E-state index in [1.165, 1.54) is 95.4 Å². The van der Waals surface area contributed by atoms with Crippen LogP contribution in [-0.4, -0.2) is 95.4 Å². The Morgan fingerprint density at radius 2 is 1.07 bits per heavy atom. The molecule has 0 bridgehead atoms. The number of amides is 1. The molecule has 4 aromatic heterocycles. The largest absolute Gasteiger partial charge is 0.363 e. The SMILES string of the molecule is C.COCN(c1cc(Cl)cnc1Br)S(=O)(=O)c1ccc(C(C)(C)C)cc1.COCN(c1cc(Cl)cnc1C(=O)c1cccc(N=[N+]=[N-])n1)S(=O)(=O)c1ccc(C(C)(C)C)cc1.CON(C)C(=O)c1cccc(N=[N+]=[N-])n1. The number of ketones is 1. The molecule has 0 aliphatic carbocycles. The Bertz CT molecular complexity index is 3320. The van der Waals surface area contributed by atoms with E-state index < -0.39 is 38.5 Å². The zero-order valence-electron chi connectivity index (χ0n) is 42.2. The fourth-order valence-electron chi connectivity index (χ4n) is 6.32. The lowest BCUT2D eigenvalue weighted by molar-refractivity contribution is -0.0760. The maximum absolute atomic E-state index is 13.6. The number of methoxy groups -OCH3 is 2. The predicted octanol–water partition coefficient (Wildman–Crippen LogP) is 12.3. The van der Waals surface area contributed by atoms with Crippen molar-refractivity contribution >= 4 is 93.9 Å². The first-order valence-electron chi connectivity index (χ1n) is 21.9. The van der Waals surface area contributed by atoms with E-state index in [0.29, 0.717) is 15.3 Å². The van der Waals surface area contributed by atoms with Crippen LogP contribution in [0.5, 0.6) is 0 Å². The van der Waals surface area contributed by atoms with Crippen molar-refractivity contribution in [3.05, 3.63) is 173 Å². The molecular formula is C49H56BrCl2N13O9S2. The van der Waals surface area contributed by atoms with E-state index in [4.69, 9.17) is 48.6 Å². The molecule has 6 aromatic rings. The van der Waals surface area contributed by atoms with Gasteiger partial charge in [0.15, 0.2) is 0 Å². The van der Waals surface area contributed by atoms with Gasteiger partial charge < -0.3 is 9.47 Å². The first-order valence-corrected chi connectivity index (χ1v) is 26.3. The van der Waals surface area contributed by atoms with Crippen molar-refractivity contribution < 1.29 is 40.7 Å². The number of azide groups is 2. The number of nitrogens with zero attached hydrogens (tertiary/aromatic N) is 13. The third-order valence-corrected chi connectivity index (χ3v) is 14.8. The van der Waals surface area contributed by atoms with Crippen molar-refractivity contribution in [1.29, 1.82) is 0 Å². The minimum absolute atomic E-state index is 0. The van der Waals surface area contributed by atoms with E-state index in [9.17, 15) is 26.4 Å². The average molecular weight is 1190 g/mol. The van der Waals surface area contributed by atoms with E-state index in [1.54, 1.807) is 30.3 Å². The standard InChI is InChI=1S/C23H23ClN6O4S.C17H20BrClN2O3S.C8H9N5O2.CH4/c1-23(2,3)15-8-10-17(11-9-15)35(32,33)30(14-34-4)19-12-16(24)13-26-21(19)22(31)18-6-5-7-20(27-18)28-29-25;1-17(2,3)12-5-7-14(8-6-12)25(22,23)21(11-24-4)15-9-13(19)10-20-16(15)18;1-13(15-2)8(14)6-4-3-5-7(10-6)11-12-9;/h5-13H,14H2,1-4H3;5-10H,11H2,1-4H3;3-5H,1-2H3;1H4. The second kappa shape index (κ2) is 27.9. The molecule has 0 saturated carbocycles. The molecule has 27 heteroatoms. The molecule has 22 nitrogen and oxygen atoms in total. The summed E-state index contributed by atoms with van der Waals surface area (Å²) < 4.78 is 66.2. The zero-order valence-corrected chi connectivity index (χ0v) is 47.0. The van der Waals surface area contributed by atoms with Gasteiger partial charge in [0.25, 0.3) is 26.0 Å². The third kappa shape index (κ3) is 16.6. The molecule has 6 rings (SSSR count). The number of carbonyl (C=O) groups is 2. The Labute approximate surface area is 460 Å². The van der Waals surface area contributed by atoms with Crippen molar-refractivity contribution in [3.63, 3.8) is 0 Å². The molecule has 0 radical (unpaired) electrons. The number of anilines is 2. The molecule has 2 aromatic carbocycles. The van der Waals surface area contributed by atoms with E-state index in [-0.39, 0.29) is 74.2 Å². The van der Waals surface area contributed by atoms with Crippen LogP contribution in [0.4, 0.5) is 23.0 Å². The number of rotatable bonds is 16. The van der Waals surface area contributed by atoms with Crippen LogP contribution in [0.1, 0.15) is 86.8 Å². The van der Waals surface area contributed by atoms with Gasteiger partial charge in [0.2, 0.25) is 5.78 Å². The summed E-state index contributed by atoms with van der Waals surface area (Å²) in [6.07, 6.45) is 2.66. The van der Waals surface area contributed by atoms with Crippen molar-refractivity contribution in [2.75, 3.05) is 50.4 Å². The number of halogens is 3. The van der Waals surface area contributed by atoms with Crippen molar-refractivity contribution in [2.45, 2.75) is 69.6 Å². The lowest BCUT2D eigenvalue weighted by atomic mass is 9.87. The Kier molecular flexibility index (Phi) is 23.3. The van der Waals surface area contributed by atoms with E-state index >= 15 is 0 Å². The summed E-state index contributed by atoms with van der Waals surface area (Å²) in [5, 5.41) is 8.17. The van der Waals surface area contributed by atoms with Gasteiger partial charge >= 0.3 is 0 Å². The monoisotopic (exact) mass is 1180 g/mol. The highest BCUT2D eigenvalue weighted by atomic mass is 79.9. The van der Waals surface area contributed by atoms with Crippen LogP contribution in [0, 0.1) is 0 Å². The quantitative estimate of drug-likeness (QED) is 0.0166. The van der Waals surface area contributed by atoms with Crippen LogP contribution >= 0.6 is 39.1 Å². The number of sulfonamides is 2. The number of carbonyl (C=O) groups excluding carboxylic acids is 2. The molecule has 0 N–H and O–H groups in total. The number of hydroxylamine groups is 2. The molecule has 0 atom stereocenters. The van der Waals surface area contributed by atoms with Crippen molar-refractivity contribution in [2.24, 2.45) is 10.2 Å². The molecule has 76 heavy (non-hydrogen) atoms. The Morgan fingerprint density at radius 3 is 1.49 bits per heavy atom. The second-order valence-corrected chi connectivity index (χ2v) is 22.9. The fourth-order valence-corrected chi connectivity index (χ4v) is 9.93. The normalized spacial score (nSPS) is 11.2. The third-order valence-electron chi connectivity index (χ3n) is 10.3. The van der Waals surface area contributed by atoms with Gasteiger partial charge in [0.05, 0.1) is 38.3 Å². The molecule has 0 aliphatic rings. The fraction of sp³-hybridized carbons (Fsp3) is 0.306. The van der Waals surface area contributed by atoms with Gasteiger partial charge in [-0.25, -0.2) is 50.4 Å². The summed E-state index contributed by atoms with van der Waals surface area (Å²) >= 11 is 15.4. The van der Waals surface area contributed by atoms with Crippen LogP contribution in [-0.2, 0) is 45.2 Å². The second-order valence-electron chi connectivity index (χ2n) is 17.5. The lowest BCUT2D eigenvalue weighted by Crippen LogP contribution is -2.34. The predicted molar refractivity (Wildman–Crippen MR) is 295 cm³/mol. The van der Waals surface area contributed by atoms with Crippen LogP contribution in [0.2, 0.25) is 10.0 Å². The summed E-state index contributed by atoms with van der Waals surface area (Å²) in [5.41, 5.74) is 18.7. The topological polar surface area (TPSA) is 289 Å². The van der Waals surface area contributed by atoms with E-state index in [0.717, 1.165) is 24.8 Å². The highest BCUT2D eigenvalue weighted by molar-refractivity contribution is 9.10. The van der Waals surface area contributed by atoms with Crippen LogP contribution in [0.25, 0.3) is 20.9 Å². The summed E-state index contributed by atoms with van der Waals surface area (Å²) in [6, 6.07) is 25.1. The Balaban J connectivity index is 0.000000323. The van der Waals surface area contributed by atoms with Crippen molar-refractivity contribution in [1.82, 2.24) is 25.0 Å². The molecule has 0 fully saturated rings. The van der Waals surface area contributed by atoms with Gasteiger partial charge in [0, 0.05) is 43.5 Å². The minimum atomic E-state index is -4.18. The molecule has 0 spiro atoms. The highest BCUT2D eigenvalue weighted by Gasteiger charge is 2.32. The summed E-state index contributed by atoms with van der Waals surface area (Å²) in [6.45, 7) is 11.7. The number of hydrogen-bond donors (Lipinski definition) is 0. The number of aromatic nitrogens is 4. The van der Waals surface area contributed by atoms with Gasteiger partial charge in [-0.05, 0) is 120 Å². The molecule has 0 saturated heterocycles. The summed E-state index contributed by atoms with van der Waals surface area (Å²) in [7, 11) is -2.43. The smallest absolute Gasteiger partial charge is 0.295 e. The maximum atomic E-state index is 13.6. The van der Waals surface area contributed by atoms with Crippen LogP contribution in [0.3, 0.4) is 0 Å². The van der Waals surface area contributed by atoms with E-state index in [1.807, 2.05) is 32.9 Å². The Morgan fingerprint density at radius 1 is 0.658 bits per heavy atom. The molecular weight excluding hydrogens is 1130 g/mol. The minimum Gasteiger partial charge on any atom is -0.363 e. The van der Waals surface area contributed by atoms with Crippen LogP contribution < -0.4 is 8.61 Å². The number of benzene rings is 2. The number of hydrogen-bond acceptors (Lipinski definition) is 15. The molecule has 0 unspecified atom stereocenters. The van der Waals surface area contributed by atoms with Gasteiger partial charge in [-0.3, -0.25) is 14.4 Å². The zero-order chi connectivity index (χ0) is 55.9. The Hall–Kier alpha value is -6.76. The van der Waals surface area contributed by atoms with Gasteiger partial charge in [-0.1, -0.05) is 109 Å². The molecule has 0 aliphatic heterocycles. The van der Waals surface area contributed by atoms with Crippen molar-refractivity contribution in [3.8, 4) is 0 Å². The van der Waals surface area contributed by atoms with Gasteiger partial charge in [-0.15, -0.1) is 0 Å². The first-order chi connectivity index (χ1) is 35.2. The molecule has 4 heterocycles. The number of ether oxygens (including phenoxy) is 2. The first kappa shape index (κ1) is 63.5. The summed E-state index contributed by atoms with van der Waals surface area (Å²) in [5.74, 6) is -0.972. The van der Waals surface area contributed by atoms with Gasteiger partial charge in [-0.2, -0.15) is 0 Å². The van der Waals surface area contributed by atoms with Crippen LogP contribution in [0.15, 0.2) is 134 Å². The molecule has 1 amide bonds. The molecule has 404 valence electrons. The van der Waals surface area contributed by atoms with E-state index in [2.05, 4.69) is 76.7 Å². The highest BCUT2D eigenvalue weighted by Crippen LogP contribution is 2.34. The average Bonchev–Trinajstić information content (AvgIpc) is 3.37. The lowest BCUT2D eigenvalue weighted by Gasteiger charge is -2.26. The number of pyridine rings is 4. The van der Waals surface area contributed by atoms with Gasteiger partial charge in [0.1, 0.15) is 46.8 Å². The maximum Gasteiger partial charge on any atom is 0.295 e.